The monoisotopic (exact) mass is 365 g/mol. The van der Waals surface area contributed by atoms with Gasteiger partial charge in [0.1, 0.15) is 11.7 Å². The third-order valence-electron chi connectivity index (χ3n) is 5.03. The van der Waals surface area contributed by atoms with Crippen LogP contribution in [-0.2, 0) is 9.53 Å². The van der Waals surface area contributed by atoms with Gasteiger partial charge in [0.15, 0.2) is 0 Å². The lowest BCUT2D eigenvalue weighted by molar-refractivity contribution is -0.147. The number of benzene rings is 2. The molecule has 1 aliphatic heterocycles. The molecule has 0 unspecified atom stereocenters. The maximum Gasteiger partial charge on any atom is 0.315 e. The Morgan fingerprint density at radius 2 is 1.70 bits per heavy atom. The van der Waals surface area contributed by atoms with E-state index in [1.54, 1.807) is 7.11 Å². The van der Waals surface area contributed by atoms with Gasteiger partial charge in [0.05, 0.1) is 19.8 Å². The Hall–Kier alpha value is -2.75. The number of esters is 1. The predicted molar refractivity (Wildman–Crippen MR) is 107 cm³/mol. The molecule has 3 rings (SSSR count). The van der Waals surface area contributed by atoms with Crippen molar-refractivity contribution in [3.05, 3.63) is 71.3 Å². The second-order valence-electron chi connectivity index (χ2n) is 6.70. The lowest BCUT2D eigenvalue weighted by atomic mass is 9.94. The van der Waals surface area contributed by atoms with Crippen LogP contribution in [0.5, 0.6) is 5.75 Å². The van der Waals surface area contributed by atoms with Crippen molar-refractivity contribution in [2.75, 3.05) is 20.3 Å². The molecule has 27 heavy (non-hydrogen) atoms. The van der Waals surface area contributed by atoms with E-state index in [4.69, 9.17) is 9.47 Å². The van der Waals surface area contributed by atoms with E-state index in [1.165, 1.54) is 5.56 Å². The molecule has 4 nitrogen and oxygen atoms in total. The van der Waals surface area contributed by atoms with Gasteiger partial charge >= 0.3 is 5.97 Å². The first kappa shape index (κ1) is 19.0. The van der Waals surface area contributed by atoms with Gasteiger partial charge in [-0.2, -0.15) is 0 Å². The van der Waals surface area contributed by atoms with Crippen molar-refractivity contribution >= 4 is 11.7 Å². The second kappa shape index (κ2) is 8.30. The van der Waals surface area contributed by atoms with E-state index in [0.29, 0.717) is 6.61 Å². The van der Waals surface area contributed by atoms with Crippen LogP contribution in [0.25, 0.3) is 5.70 Å². The molecule has 2 aromatic rings. The summed E-state index contributed by atoms with van der Waals surface area (Å²) in [6.45, 7) is 7.21. The maximum absolute atomic E-state index is 12.7. The molecule has 0 aliphatic carbocycles. The molecule has 2 aromatic carbocycles. The standard InChI is InChI=1S/C23H27NO3/c1-5-24-21(17-11-13-19(26-4)14-12-17)15-20(23(25)27-6-2)22(24)18-9-7-16(3)8-10-18/h7-15,20,22H,5-6H2,1-4H3/t20-,22+/m0/s1. The van der Waals surface area contributed by atoms with Gasteiger partial charge < -0.3 is 14.4 Å². The third-order valence-corrected chi connectivity index (χ3v) is 5.03. The van der Waals surface area contributed by atoms with Gasteiger partial charge in [-0.05, 0) is 62.2 Å². The van der Waals surface area contributed by atoms with Crippen molar-refractivity contribution in [3.63, 3.8) is 0 Å². The average molecular weight is 365 g/mol. The van der Waals surface area contributed by atoms with Gasteiger partial charge in [0.2, 0.25) is 0 Å². The third kappa shape index (κ3) is 3.85. The normalized spacial score (nSPS) is 19.0. The summed E-state index contributed by atoms with van der Waals surface area (Å²) in [5.74, 6) is 0.312. The fourth-order valence-electron chi connectivity index (χ4n) is 3.68. The summed E-state index contributed by atoms with van der Waals surface area (Å²) in [4.78, 5) is 15.0. The van der Waals surface area contributed by atoms with Crippen LogP contribution in [-0.4, -0.2) is 31.1 Å². The Morgan fingerprint density at radius 1 is 1.04 bits per heavy atom. The molecule has 4 heteroatoms. The first-order valence-corrected chi connectivity index (χ1v) is 9.45. The van der Waals surface area contributed by atoms with E-state index in [2.05, 4.69) is 43.0 Å². The van der Waals surface area contributed by atoms with Crippen LogP contribution >= 0.6 is 0 Å². The van der Waals surface area contributed by atoms with Gasteiger partial charge in [0, 0.05) is 12.2 Å². The van der Waals surface area contributed by atoms with Crippen LogP contribution in [0.1, 0.15) is 36.6 Å². The van der Waals surface area contributed by atoms with Crippen molar-refractivity contribution in [1.29, 1.82) is 0 Å². The van der Waals surface area contributed by atoms with Gasteiger partial charge in [-0.25, -0.2) is 0 Å². The molecule has 1 heterocycles. The van der Waals surface area contributed by atoms with Crippen molar-refractivity contribution < 1.29 is 14.3 Å². The summed E-state index contributed by atoms with van der Waals surface area (Å²) < 4.78 is 10.7. The minimum Gasteiger partial charge on any atom is -0.497 e. The van der Waals surface area contributed by atoms with Crippen LogP contribution < -0.4 is 4.74 Å². The van der Waals surface area contributed by atoms with Crippen molar-refractivity contribution in [2.24, 2.45) is 5.92 Å². The molecule has 0 bridgehead atoms. The zero-order valence-corrected chi connectivity index (χ0v) is 16.4. The first-order valence-electron chi connectivity index (χ1n) is 9.45. The van der Waals surface area contributed by atoms with Crippen LogP contribution in [0.4, 0.5) is 0 Å². The average Bonchev–Trinajstić information content (AvgIpc) is 3.08. The largest absolute Gasteiger partial charge is 0.497 e. The Bertz CT molecular complexity index is 809. The molecule has 0 fully saturated rings. The van der Waals surface area contributed by atoms with Crippen LogP contribution in [0.2, 0.25) is 0 Å². The lowest BCUT2D eigenvalue weighted by Crippen LogP contribution is -2.30. The highest BCUT2D eigenvalue weighted by atomic mass is 16.5. The van der Waals surface area contributed by atoms with E-state index in [1.807, 2.05) is 37.3 Å². The van der Waals surface area contributed by atoms with E-state index in [-0.39, 0.29) is 17.9 Å². The fraction of sp³-hybridized carbons (Fsp3) is 0.348. The molecular weight excluding hydrogens is 338 g/mol. The first-order chi connectivity index (χ1) is 13.1. The highest BCUT2D eigenvalue weighted by molar-refractivity contribution is 5.82. The van der Waals surface area contributed by atoms with Crippen molar-refractivity contribution in [1.82, 2.24) is 4.90 Å². The maximum atomic E-state index is 12.7. The Balaban J connectivity index is 2.03. The Kier molecular flexibility index (Phi) is 5.84. The quantitative estimate of drug-likeness (QED) is 0.701. The van der Waals surface area contributed by atoms with Crippen molar-refractivity contribution in [3.8, 4) is 5.75 Å². The number of nitrogens with zero attached hydrogens (tertiary/aromatic N) is 1. The minimum atomic E-state index is -0.329. The van der Waals surface area contributed by atoms with E-state index >= 15 is 0 Å². The molecule has 0 saturated carbocycles. The van der Waals surface area contributed by atoms with E-state index in [0.717, 1.165) is 29.1 Å². The van der Waals surface area contributed by atoms with Crippen LogP contribution in [0.3, 0.4) is 0 Å². The number of carbonyl (C=O) groups excluding carboxylic acids is 1. The predicted octanol–water partition coefficient (Wildman–Crippen LogP) is 4.60. The molecule has 0 amide bonds. The molecule has 0 N–H and O–H groups in total. The molecule has 0 spiro atoms. The topological polar surface area (TPSA) is 38.8 Å². The summed E-state index contributed by atoms with van der Waals surface area (Å²) in [5.41, 5.74) is 4.46. The molecule has 0 saturated heterocycles. The van der Waals surface area contributed by atoms with Gasteiger partial charge in [-0.3, -0.25) is 4.79 Å². The summed E-state index contributed by atoms with van der Waals surface area (Å²) in [7, 11) is 1.66. The van der Waals surface area contributed by atoms with Crippen molar-refractivity contribution in [2.45, 2.75) is 26.8 Å². The van der Waals surface area contributed by atoms with Gasteiger partial charge in [0.25, 0.3) is 0 Å². The highest BCUT2D eigenvalue weighted by Crippen LogP contribution is 2.43. The Morgan fingerprint density at radius 3 is 2.26 bits per heavy atom. The van der Waals surface area contributed by atoms with Crippen LogP contribution in [0, 0.1) is 12.8 Å². The Labute approximate surface area is 161 Å². The molecular formula is C23H27NO3. The molecule has 2 atom stereocenters. The second-order valence-corrected chi connectivity index (χ2v) is 6.70. The van der Waals surface area contributed by atoms with Gasteiger partial charge in [-0.1, -0.05) is 29.8 Å². The summed E-state index contributed by atoms with van der Waals surface area (Å²) in [5, 5.41) is 0. The number of aryl methyl sites for hydroxylation is 1. The SMILES string of the molecule is CCOC(=O)[C@H]1C=C(c2ccc(OC)cc2)N(CC)[C@@H]1c1ccc(C)cc1. The smallest absolute Gasteiger partial charge is 0.315 e. The summed E-state index contributed by atoms with van der Waals surface area (Å²) in [6, 6.07) is 16.3. The lowest BCUT2D eigenvalue weighted by Gasteiger charge is -2.31. The van der Waals surface area contributed by atoms with Gasteiger partial charge in [-0.15, -0.1) is 0 Å². The summed E-state index contributed by atoms with van der Waals surface area (Å²) >= 11 is 0. The van der Waals surface area contributed by atoms with E-state index in [9.17, 15) is 4.79 Å². The zero-order chi connectivity index (χ0) is 19.4. The number of hydrogen-bond acceptors (Lipinski definition) is 4. The molecule has 0 radical (unpaired) electrons. The molecule has 142 valence electrons. The summed E-state index contributed by atoms with van der Waals surface area (Å²) in [6.07, 6.45) is 2.05. The van der Waals surface area contributed by atoms with E-state index < -0.39 is 0 Å². The molecule has 0 aromatic heterocycles. The zero-order valence-electron chi connectivity index (χ0n) is 16.4. The number of methoxy groups -OCH3 is 1. The number of carbonyl (C=O) groups is 1. The molecule has 1 aliphatic rings. The number of rotatable bonds is 6. The minimum absolute atomic E-state index is 0.0632. The number of hydrogen-bond donors (Lipinski definition) is 0. The highest BCUT2D eigenvalue weighted by Gasteiger charge is 2.40. The fourth-order valence-corrected chi connectivity index (χ4v) is 3.68. The van der Waals surface area contributed by atoms with Crippen LogP contribution in [0.15, 0.2) is 54.6 Å². The number of ether oxygens (including phenoxy) is 2.